The molecule has 0 radical (unpaired) electrons. The van der Waals surface area contributed by atoms with Crippen LogP contribution in [-0.4, -0.2) is 57.9 Å². The first-order valence-corrected chi connectivity index (χ1v) is 14.3. The Hall–Kier alpha value is -3.51. The summed E-state index contributed by atoms with van der Waals surface area (Å²) in [6.07, 6.45) is 3.76. The summed E-state index contributed by atoms with van der Waals surface area (Å²) in [5.74, 6) is 1.25. The number of imidazole rings is 1. The van der Waals surface area contributed by atoms with Crippen molar-refractivity contribution in [2.75, 3.05) is 38.6 Å². The summed E-state index contributed by atoms with van der Waals surface area (Å²) in [6.45, 7) is 11.9. The number of nitrogens with zero attached hydrogens (tertiary/aromatic N) is 5. The lowest BCUT2D eigenvalue weighted by molar-refractivity contribution is -0.0362. The Balaban J connectivity index is 1.46. The quantitative estimate of drug-likeness (QED) is 0.262. The SMILES string of the molecule is CCOCc1nc2c(N)nc3cc(Cc4ccc(CC#N)cc4)ccc3c2n1CC(C)(C)OCCN1CCCC1. The van der Waals surface area contributed by atoms with Crippen LogP contribution in [0.4, 0.5) is 5.82 Å². The highest BCUT2D eigenvalue weighted by Gasteiger charge is 2.26. The first-order chi connectivity index (χ1) is 19.4. The molecule has 0 unspecified atom stereocenters. The highest BCUT2D eigenvalue weighted by Crippen LogP contribution is 2.32. The summed E-state index contributed by atoms with van der Waals surface area (Å²) in [5.41, 5.74) is 12.0. The molecule has 1 aliphatic heterocycles. The van der Waals surface area contributed by atoms with Crippen molar-refractivity contribution in [1.82, 2.24) is 19.4 Å². The van der Waals surface area contributed by atoms with Gasteiger partial charge in [0.25, 0.3) is 0 Å². The smallest absolute Gasteiger partial charge is 0.152 e. The van der Waals surface area contributed by atoms with Crippen molar-refractivity contribution in [2.45, 2.75) is 65.2 Å². The highest BCUT2D eigenvalue weighted by molar-refractivity contribution is 6.06. The third-order valence-corrected chi connectivity index (χ3v) is 7.64. The molecule has 2 N–H and O–H groups in total. The molecular weight excluding hydrogens is 500 g/mol. The largest absolute Gasteiger partial charge is 0.382 e. The van der Waals surface area contributed by atoms with E-state index in [0.29, 0.717) is 44.1 Å². The van der Waals surface area contributed by atoms with Gasteiger partial charge in [-0.1, -0.05) is 36.4 Å². The Kier molecular flexibility index (Phi) is 8.65. The second-order valence-corrected chi connectivity index (χ2v) is 11.3. The van der Waals surface area contributed by atoms with Gasteiger partial charge in [0.1, 0.15) is 17.9 Å². The van der Waals surface area contributed by atoms with Crippen LogP contribution in [0.5, 0.6) is 0 Å². The van der Waals surface area contributed by atoms with Crippen molar-refractivity contribution in [1.29, 1.82) is 5.26 Å². The van der Waals surface area contributed by atoms with Crippen molar-refractivity contribution in [2.24, 2.45) is 0 Å². The minimum Gasteiger partial charge on any atom is -0.382 e. The first-order valence-electron chi connectivity index (χ1n) is 14.3. The highest BCUT2D eigenvalue weighted by atomic mass is 16.5. The Morgan fingerprint density at radius 1 is 1.02 bits per heavy atom. The van der Waals surface area contributed by atoms with Crippen LogP contribution in [0.25, 0.3) is 21.9 Å². The number of nitriles is 1. The summed E-state index contributed by atoms with van der Waals surface area (Å²) < 4.78 is 14.5. The molecule has 0 spiro atoms. The molecule has 1 aliphatic rings. The van der Waals surface area contributed by atoms with Gasteiger partial charge in [0.2, 0.25) is 0 Å². The van der Waals surface area contributed by atoms with Gasteiger partial charge in [-0.05, 0) is 75.9 Å². The molecule has 0 amide bonds. The molecule has 8 heteroatoms. The molecule has 1 saturated heterocycles. The normalized spacial score (nSPS) is 14.3. The van der Waals surface area contributed by atoms with E-state index in [0.717, 1.165) is 46.3 Å². The summed E-state index contributed by atoms with van der Waals surface area (Å²) >= 11 is 0. The summed E-state index contributed by atoms with van der Waals surface area (Å²) in [4.78, 5) is 12.1. The van der Waals surface area contributed by atoms with Crippen LogP contribution < -0.4 is 5.73 Å². The Morgan fingerprint density at radius 3 is 2.48 bits per heavy atom. The van der Waals surface area contributed by atoms with E-state index in [2.05, 4.69) is 59.7 Å². The van der Waals surface area contributed by atoms with Crippen LogP contribution in [0.1, 0.15) is 56.1 Å². The van der Waals surface area contributed by atoms with E-state index >= 15 is 0 Å². The van der Waals surface area contributed by atoms with Crippen LogP contribution in [0, 0.1) is 11.3 Å². The zero-order valence-corrected chi connectivity index (χ0v) is 23.9. The number of fused-ring (bicyclic) bond motifs is 3. The number of pyridine rings is 1. The molecule has 0 bridgehead atoms. The molecule has 5 rings (SSSR count). The lowest BCUT2D eigenvalue weighted by Crippen LogP contribution is -2.35. The van der Waals surface area contributed by atoms with Crippen molar-refractivity contribution in [3.63, 3.8) is 0 Å². The van der Waals surface area contributed by atoms with Crippen LogP contribution in [0.3, 0.4) is 0 Å². The fourth-order valence-electron chi connectivity index (χ4n) is 5.57. The maximum Gasteiger partial charge on any atom is 0.152 e. The van der Waals surface area contributed by atoms with E-state index in [4.69, 9.17) is 30.4 Å². The first kappa shape index (κ1) is 28.0. The summed E-state index contributed by atoms with van der Waals surface area (Å²) in [7, 11) is 0. The van der Waals surface area contributed by atoms with Gasteiger partial charge in [-0.25, -0.2) is 9.97 Å². The molecule has 3 heterocycles. The van der Waals surface area contributed by atoms with Crippen LogP contribution in [0.15, 0.2) is 42.5 Å². The Morgan fingerprint density at radius 2 is 1.75 bits per heavy atom. The Bertz CT molecular complexity index is 1500. The van der Waals surface area contributed by atoms with Crippen molar-refractivity contribution in [3.05, 3.63) is 65.0 Å². The molecule has 2 aromatic carbocycles. The average molecular weight is 541 g/mol. The van der Waals surface area contributed by atoms with Gasteiger partial charge in [0.15, 0.2) is 5.82 Å². The number of hydrogen-bond donors (Lipinski definition) is 1. The second kappa shape index (κ2) is 12.3. The van der Waals surface area contributed by atoms with Crippen molar-refractivity contribution < 1.29 is 9.47 Å². The topological polar surface area (TPSA) is 102 Å². The van der Waals surface area contributed by atoms with Crippen LogP contribution in [0.2, 0.25) is 0 Å². The molecule has 40 heavy (non-hydrogen) atoms. The van der Waals surface area contributed by atoms with Crippen molar-refractivity contribution in [3.8, 4) is 6.07 Å². The van der Waals surface area contributed by atoms with E-state index in [-0.39, 0.29) is 0 Å². The molecule has 0 aliphatic carbocycles. The monoisotopic (exact) mass is 540 g/mol. The number of nitrogens with two attached hydrogens (primary N) is 1. The molecule has 1 fully saturated rings. The standard InChI is InChI=1S/C32H40N6O2/c1-4-39-21-28-36-29-30(38(28)22-32(2,3)40-18-17-37-15-5-6-16-37)26-12-11-25(20-27(26)35-31(29)34)19-24-9-7-23(8-10-24)13-14-33/h7-12,20H,4-6,13,15-19,21-22H2,1-3H3,(H2,34,35). The molecule has 8 nitrogen and oxygen atoms in total. The lowest BCUT2D eigenvalue weighted by atomic mass is 10.0. The van der Waals surface area contributed by atoms with E-state index in [9.17, 15) is 0 Å². The number of rotatable bonds is 12. The number of ether oxygens (including phenoxy) is 2. The maximum absolute atomic E-state index is 8.94. The average Bonchev–Trinajstić information content (AvgIpc) is 3.57. The Labute approximate surface area is 236 Å². The van der Waals surface area contributed by atoms with Crippen LogP contribution in [-0.2, 0) is 35.5 Å². The molecule has 0 saturated carbocycles. The molecule has 210 valence electrons. The fourth-order valence-corrected chi connectivity index (χ4v) is 5.57. The molecule has 4 aromatic rings. The fraction of sp³-hybridized carbons (Fsp3) is 0.469. The van der Waals surface area contributed by atoms with Gasteiger partial charge >= 0.3 is 0 Å². The minimum atomic E-state index is -0.406. The number of anilines is 1. The van der Waals surface area contributed by atoms with Crippen LogP contribution >= 0.6 is 0 Å². The lowest BCUT2D eigenvalue weighted by Gasteiger charge is -2.28. The zero-order valence-electron chi connectivity index (χ0n) is 23.9. The minimum absolute atomic E-state index is 0.399. The van der Waals surface area contributed by atoms with E-state index in [1.807, 2.05) is 19.1 Å². The van der Waals surface area contributed by atoms with E-state index in [1.54, 1.807) is 0 Å². The summed E-state index contributed by atoms with van der Waals surface area (Å²) in [6, 6.07) is 16.8. The van der Waals surface area contributed by atoms with Gasteiger partial charge in [0.05, 0.1) is 42.3 Å². The predicted octanol–water partition coefficient (Wildman–Crippen LogP) is 5.25. The van der Waals surface area contributed by atoms with Gasteiger partial charge in [-0.3, -0.25) is 0 Å². The van der Waals surface area contributed by atoms with Gasteiger partial charge in [-0.2, -0.15) is 5.26 Å². The van der Waals surface area contributed by atoms with E-state index in [1.165, 1.54) is 31.5 Å². The molecular formula is C32H40N6O2. The second-order valence-electron chi connectivity index (χ2n) is 11.3. The number of benzene rings is 2. The zero-order chi connectivity index (χ0) is 28.1. The molecule has 2 aromatic heterocycles. The third-order valence-electron chi connectivity index (χ3n) is 7.64. The van der Waals surface area contributed by atoms with Gasteiger partial charge in [-0.15, -0.1) is 0 Å². The number of likely N-dealkylation sites (tertiary alicyclic amines) is 1. The maximum atomic E-state index is 8.94. The van der Waals surface area contributed by atoms with Gasteiger partial charge < -0.3 is 24.7 Å². The van der Waals surface area contributed by atoms with E-state index < -0.39 is 5.60 Å². The number of nitrogen functional groups attached to an aromatic ring is 1. The van der Waals surface area contributed by atoms with Gasteiger partial charge in [0, 0.05) is 18.5 Å². The summed E-state index contributed by atoms with van der Waals surface area (Å²) in [5, 5.41) is 9.95. The third kappa shape index (κ3) is 6.44. The van der Waals surface area contributed by atoms with Crippen molar-refractivity contribution >= 4 is 27.8 Å². The number of hydrogen-bond acceptors (Lipinski definition) is 7. The predicted molar refractivity (Wildman–Crippen MR) is 159 cm³/mol. The number of aromatic nitrogens is 3. The molecule has 0 atom stereocenters.